The van der Waals surface area contributed by atoms with E-state index in [1.54, 1.807) is 0 Å². The molecular weight excluding hydrogens is 284 g/mol. The zero-order valence-electron chi connectivity index (χ0n) is 12.4. The summed E-state index contributed by atoms with van der Waals surface area (Å²) in [5, 5.41) is 9.71. The molecule has 2 fully saturated rings. The van der Waals surface area contributed by atoms with Crippen molar-refractivity contribution in [1.29, 1.82) is 0 Å². The number of rotatable bonds is 2. The van der Waals surface area contributed by atoms with Crippen molar-refractivity contribution in [1.82, 2.24) is 4.98 Å². The van der Waals surface area contributed by atoms with Gasteiger partial charge in [0.25, 0.3) is 6.01 Å². The number of ether oxygens (including phenoxy) is 1. The maximum atomic E-state index is 11.8. The van der Waals surface area contributed by atoms with Crippen LogP contribution < -0.4 is 4.90 Å². The SMILES string of the molecule is Cc1ccc2oc(N3C[C@@H]4COCC[C@]4(C(=O)O)C3)nc2c1. The van der Waals surface area contributed by atoms with Crippen LogP contribution in [-0.2, 0) is 9.53 Å². The number of carboxylic acids is 1. The number of carbonyl (C=O) groups is 1. The van der Waals surface area contributed by atoms with Crippen molar-refractivity contribution in [3.05, 3.63) is 23.8 Å². The van der Waals surface area contributed by atoms with Crippen molar-refractivity contribution in [2.24, 2.45) is 11.3 Å². The molecule has 0 saturated carbocycles. The molecule has 0 amide bonds. The molecule has 0 spiro atoms. The largest absolute Gasteiger partial charge is 0.481 e. The van der Waals surface area contributed by atoms with Gasteiger partial charge in [-0.05, 0) is 31.0 Å². The fourth-order valence-corrected chi connectivity index (χ4v) is 3.61. The van der Waals surface area contributed by atoms with Crippen LogP contribution in [0.5, 0.6) is 0 Å². The molecule has 2 aromatic rings. The van der Waals surface area contributed by atoms with Crippen molar-refractivity contribution >= 4 is 23.1 Å². The van der Waals surface area contributed by atoms with Gasteiger partial charge in [0.05, 0.1) is 12.0 Å². The molecule has 3 heterocycles. The van der Waals surface area contributed by atoms with E-state index in [9.17, 15) is 9.90 Å². The van der Waals surface area contributed by atoms with Gasteiger partial charge in [0.1, 0.15) is 5.52 Å². The van der Waals surface area contributed by atoms with Crippen LogP contribution in [0.15, 0.2) is 22.6 Å². The van der Waals surface area contributed by atoms with E-state index >= 15 is 0 Å². The van der Waals surface area contributed by atoms with Gasteiger partial charge in [-0.15, -0.1) is 0 Å². The number of oxazole rings is 1. The second-order valence-electron chi connectivity index (χ2n) is 6.33. The average molecular weight is 302 g/mol. The van der Waals surface area contributed by atoms with E-state index in [1.165, 1.54) is 0 Å². The molecule has 0 unspecified atom stereocenters. The van der Waals surface area contributed by atoms with Crippen LogP contribution in [0.3, 0.4) is 0 Å². The monoisotopic (exact) mass is 302 g/mol. The van der Waals surface area contributed by atoms with E-state index in [0.717, 1.165) is 16.7 Å². The Morgan fingerprint density at radius 2 is 2.36 bits per heavy atom. The number of aryl methyl sites for hydroxylation is 1. The molecule has 6 nitrogen and oxygen atoms in total. The zero-order chi connectivity index (χ0) is 15.3. The van der Waals surface area contributed by atoms with Crippen LogP contribution in [0, 0.1) is 18.3 Å². The van der Waals surface area contributed by atoms with Gasteiger partial charge in [-0.1, -0.05) is 6.07 Å². The third kappa shape index (κ3) is 1.90. The Labute approximate surface area is 127 Å². The average Bonchev–Trinajstić information content (AvgIpc) is 3.08. The normalized spacial score (nSPS) is 28.0. The first-order valence-electron chi connectivity index (χ1n) is 7.52. The number of fused-ring (bicyclic) bond motifs is 2. The highest BCUT2D eigenvalue weighted by Crippen LogP contribution is 2.44. The highest BCUT2D eigenvalue weighted by Gasteiger charge is 2.54. The molecule has 6 heteroatoms. The summed E-state index contributed by atoms with van der Waals surface area (Å²) in [5.74, 6) is -0.759. The third-order valence-corrected chi connectivity index (χ3v) is 4.94. The van der Waals surface area contributed by atoms with Crippen LogP contribution in [0.4, 0.5) is 6.01 Å². The van der Waals surface area contributed by atoms with Crippen LogP contribution in [0.1, 0.15) is 12.0 Å². The molecule has 2 aliphatic rings. The second kappa shape index (κ2) is 4.71. The predicted octanol–water partition coefficient (Wildman–Crippen LogP) is 2.06. The van der Waals surface area contributed by atoms with Crippen molar-refractivity contribution < 1.29 is 19.1 Å². The van der Waals surface area contributed by atoms with E-state index in [1.807, 2.05) is 30.0 Å². The minimum atomic E-state index is -0.741. The third-order valence-electron chi connectivity index (χ3n) is 4.94. The minimum absolute atomic E-state index is 0.0181. The summed E-state index contributed by atoms with van der Waals surface area (Å²) in [6.07, 6.45) is 0.544. The summed E-state index contributed by atoms with van der Waals surface area (Å²) in [6, 6.07) is 6.37. The molecule has 2 aliphatic heterocycles. The number of aliphatic carboxylic acids is 1. The Morgan fingerprint density at radius 3 is 3.14 bits per heavy atom. The highest BCUT2D eigenvalue weighted by molar-refractivity contribution is 5.78. The summed E-state index contributed by atoms with van der Waals surface area (Å²) >= 11 is 0. The van der Waals surface area contributed by atoms with Gasteiger partial charge in [-0.3, -0.25) is 4.79 Å². The van der Waals surface area contributed by atoms with Gasteiger partial charge in [0.2, 0.25) is 0 Å². The quantitative estimate of drug-likeness (QED) is 0.915. The lowest BCUT2D eigenvalue weighted by Gasteiger charge is -2.33. The van der Waals surface area contributed by atoms with Gasteiger partial charge in [0.15, 0.2) is 5.58 Å². The second-order valence-corrected chi connectivity index (χ2v) is 6.33. The van der Waals surface area contributed by atoms with E-state index in [-0.39, 0.29) is 5.92 Å². The smallest absolute Gasteiger partial charge is 0.311 e. The summed E-state index contributed by atoms with van der Waals surface area (Å²) in [4.78, 5) is 18.3. The van der Waals surface area contributed by atoms with Crippen LogP contribution in [-0.4, -0.2) is 42.4 Å². The van der Waals surface area contributed by atoms with Crippen molar-refractivity contribution in [3.63, 3.8) is 0 Å². The summed E-state index contributed by atoms with van der Waals surface area (Å²) in [7, 11) is 0. The zero-order valence-corrected chi connectivity index (χ0v) is 12.4. The number of hydrogen-bond acceptors (Lipinski definition) is 5. The fourth-order valence-electron chi connectivity index (χ4n) is 3.61. The van der Waals surface area contributed by atoms with E-state index in [0.29, 0.717) is 38.7 Å². The Balaban J connectivity index is 1.69. The fraction of sp³-hybridized carbons (Fsp3) is 0.500. The first kappa shape index (κ1) is 13.6. The maximum absolute atomic E-state index is 11.8. The number of benzene rings is 1. The molecule has 4 rings (SSSR count). The van der Waals surface area contributed by atoms with E-state index in [2.05, 4.69) is 4.98 Å². The summed E-state index contributed by atoms with van der Waals surface area (Å²) in [5.41, 5.74) is 1.92. The number of carboxylic acid groups (broad SMARTS) is 1. The lowest BCUT2D eigenvalue weighted by molar-refractivity contribution is -0.157. The lowest BCUT2D eigenvalue weighted by atomic mass is 9.74. The van der Waals surface area contributed by atoms with E-state index < -0.39 is 11.4 Å². The summed E-state index contributed by atoms with van der Waals surface area (Å²) < 4.78 is 11.3. The first-order chi connectivity index (χ1) is 10.6. The van der Waals surface area contributed by atoms with Crippen molar-refractivity contribution in [2.45, 2.75) is 13.3 Å². The molecule has 2 atom stereocenters. The van der Waals surface area contributed by atoms with Crippen LogP contribution in [0.25, 0.3) is 11.1 Å². The van der Waals surface area contributed by atoms with E-state index in [4.69, 9.17) is 9.15 Å². The van der Waals surface area contributed by atoms with Gasteiger partial charge >= 0.3 is 5.97 Å². The van der Waals surface area contributed by atoms with Gasteiger partial charge in [0, 0.05) is 25.6 Å². The van der Waals surface area contributed by atoms with Crippen molar-refractivity contribution in [2.75, 3.05) is 31.2 Å². The number of aromatic nitrogens is 1. The summed E-state index contributed by atoms with van der Waals surface area (Å²) in [6.45, 7) is 4.04. The van der Waals surface area contributed by atoms with Crippen LogP contribution >= 0.6 is 0 Å². The molecule has 0 aliphatic carbocycles. The molecule has 1 aromatic carbocycles. The number of anilines is 1. The highest BCUT2D eigenvalue weighted by atomic mass is 16.5. The molecule has 0 radical (unpaired) electrons. The predicted molar refractivity (Wildman–Crippen MR) is 80.0 cm³/mol. The van der Waals surface area contributed by atoms with Crippen molar-refractivity contribution in [3.8, 4) is 0 Å². The molecule has 1 N–H and O–H groups in total. The molecule has 1 aromatic heterocycles. The number of nitrogens with zero attached hydrogens (tertiary/aromatic N) is 2. The van der Waals surface area contributed by atoms with Gasteiger partial charge in [-0.2, -0.15) is 4.98 Å². The standard InChI is InChI=1S/C16H18N2O4/c1-10-2-3-13-12(6-10)17-15(22-13)18-7-11-8-21-5-4-16(11,9-18)14(19)20/h2-3,6,11H,4-5,7-9H2,1H3,(H,19,20)/t11-,16+/m1/s1. The molecule has 22 heavy (non-hydrogen) atoms. The van der Waals surface area contributed by atoms with Gasteiger partial charge < -0.3 is 19.2 Å². The topological polar surface area (TPSA) is 75.8 Å². The minimum Gasteiger partial charge on any atom is -0.481 e. The molecule has 2 saturated heterocycles. The molecular formula is C16H18N2O4. The Hall–Kier alpha value is -2.08. The maximum Gasteiger partial charge on any atom is 0.311 e. The van der Waals surface area contributed by atoms with Crippen LogP contribution in [0.2, 0.25) is 0 Å². The van der Waals surface area contributed by atoms with Gasteiger partial charge in [-0.25, -0.2) is 0 Å². The molecule has 0 bridgehead atoms. The molecule has 116 valence electrons. The Morgan fingerprint density at radius 1 is 1.50 bits per heavy atom. The Kier molecular flexibility index (Phi) is 2.91. The first-order valence-corrected chi connectivity index (χ1v) is 7.52. The lowest BCUT2D eigenvalue weighted by Crippen LogP contribution is -2.44. The Bertz CT molecular complexity index is 741. The number of hydrogen-bond donors (Lipinski definition) is 1.